The highest BCUT2D eigenvalue weighted by Crippen LogP contribution is 2.38. The largest absolute Gasteiger partial charge is 0.273 e. The van der Waals surface area contributed by atoms with Crippen molar-refractivity contribution in [2.75, 3.05) is 14.1 Å². The molecule has 2 rings (SSSR count). The van der Waals surface area contributed by atoms with Crippen LogP contribution in [0.5, 0.6) is 0 Å². The molecule has 1 saturated carbocycles. The van der Waals surface area contributed by atoms with E-state index >= 15 is 0 Å². The molecule has 4 heteroatoms. The minimum absolute atomic E-state index is 0.00435. The molecule has 0 spiro atoms. The van der Waals surface area contributed by atoms with Gasteiger partial charge >= 0.3 is 0 Å². The molecular formula is C10H16N2O2. The third-order valence-electron chi connectivity index (χ3n) is 3.22. The highest BCUT2D eigenvalue weighted by molar-refractivity contribution is 6.04. The fourth-order valence-corrected chi connectivity index (χ4v) is 2.54. The van der Waals surface area contributed by atoms with E-state index in [2.05, 4.69) is 0 Å². The molecular weight excluding hydrogens is 180 g/mol. The fraction of sp³-hybridized carbons (Fsp3) is 0.800. The minimum Gasteiger partial charge on any atom is -0.273 e. The summed E-state index contributed by atoms with van der Waals surface area (Å²) in [6, 6.07) is 0. The second kappa shape index (κ2) is 3.35. The van der Waals surface area contributed by atoms with E-state index in [1.54, 1.807) is 19.1 Å². The fourth-order valence-electron chi connectivity index (χ4n) is 2.54. The molecule has 1 aliphatic heterocycles. The predicted octanol–water partition coefficient (Wildman–Crippen LogP) is 0.638. The number of hydrazine groups is 1. The third-order valence-corrected chi connectivity index (χ3v) is 3.22. The molecule has 4 nitrogen and oxygen atoms in total. The van der Waals surface area contributed by atoms with Gasteiger partial charge in [0, 0.05) is 14.1 Å². The van der Waals surface area contributed by atoms with Crippen LogP contribution in [-0.4, -0.2) is 35.9 Å². The van der Waals surface area contributed by atoms with Crippen LogP contribution in [0.2, 0.25) is 0 Å². The Labute approximate surface area is 83.8 Å². The summed E-state index contributed by atoms with van der Waals surface area (Å²) in [7, 11) is 3.49. The van der Waals surface area contributed by atoms with E-state index in [-0.39, 0.29) is 23.7 Å². The predicted molar refractivity (Wildman–Crippen MR) is 51.0 cm³/mol. The third kappa shape index (κ3) is 1.25. The standard InChI is InChI=1S/C10H16N2O2/c1-11(2)12-9(13)7-5-3-4-6-8(7)10(12)14/h7-8H,3-6H2,1-2H3/t7-,8+. The summed E-state index contributed by atoms with van der Waals surface area (Å²) in [4.78, 5) is 23.7. The van der Waals surface area contributed by atoms with Crippen LogP contribution in [0.25, 0.3) is 0 Å². The van der Waals surface area contributed by atoms with Crippen molar-refractivity contribution in [2.45, 2.75) is 25.7 Å². The van der Waals surface area contributed by atoms with Crippen molar-refractivity contribution < 1.29 is 9.59 Å². The van der Waals surface area contributed by atoms with Crippen LogP contribution in [0.3, 0.4) is 0 Å². The molecule has 0 aromatic carbocycles. The maximum atomic E-state index is 11.9. The van der Waals surface area contributed by atoms with Gasteiger partial charge < -0.3 is 0 Å². The van der Waals surface area contributed by atoms with Crippen LogP contribution in [-0.2, 0) is 9.59 Å². The molecule has 78 valence electrons. The Balaban J connectivity index is 2.24. The summed E-state index contributed by atoms with van der Waals surface area (Å²) >= 11 is 0. The first-order valence-electron chi connectivity index (χ1n) is 5.18. The van der Waals surface area contributed by atoms with Gasteiger partial charge in [0.15, 0.2) is 0 Å². The first kappa shape index (κ1) is 9.65. The number of amides is 2. The Kier molecular flexibility index (Phi) is 2.31. The number of imide groups is 1. The smallest absolute Gasteiger partial charge is 0.247 e. The van der Waals surface area contributed by atoms with E-state index in [0.29, 0.717) is 0 Å². The molecule has 0 radical (unpaired) electrons. The van der Waals surface area contributed by atoms with Gasteiger partial charge in [-0.1, -0.05) is 12.8 Å². The van der Waals surface area contributed by atoms with Gasteiger partial charge in [-0.2, -0.15) is 0 Å². The second-order valence-electron chi connectivity index (χ2n) is 4.33. The molecule has 2 atom stereocenters. The van der Waals surface area contributed by atoms with Crippen LogP contribution in [0.15, 0.2) is 0 Å². The minimum atomic E-state index is -0.0290. The number of rotatable bonds is 1. The molecule has 0 aromatic rings. The van der Waals surface area contributed by atoms with Gasteiger partial charge in [0.05, 0.1) is 11.8 Å². The maximum absolute atomic E-state index is 11.9. The van der Waals surface area contributed by atoms with Crippen LogP contribution in [0.1, 0.15) is 25.7 Å². The summed E-state index contributed by atoms with van der Waals surface area (Å²) < 4.78 is 0. The van der Waals surface area contributed by atoms with E-state index in [1.165, 1.54) is 5.01 Å². The Morgan fingerprint density at radius 3 is 1.86 bits per heavy atom. The number of hydrogen-bond acceptors (Lipinski definition) is 3. The van der Waals surface area contributed by atoms with Crippen molar-refractivity contribution in [1.82, 2.24) is 10.0 Å². The zero-order valence-corrected chi connectivity index (χ0v) is 8.69. The van der Waals surface area contributed by atoms with E-state index in [0.717, 1.165) is 25.7 Å². The summed E-state index contributed by atoms with van der Waals surface area (Å²) in [5.41, 5.74) is 0. The number of carbonyl (C=O) groups is 2. The van der Waals surface area contributed by atoms with E-state index in [9.17, 15) is 9.59 Å². The average Bonchev–Trinajstić information content (AvgIpc) is 2.41. The van der Waals surface area contributed by atoms with Gasteiger partial charge in [0.25, 0.3) is 0 Å². The SMILES string of the molecule is CN(C)N1C(=O)[C@H]2CCCC[C@H]2C1=O. The molecule has 0 aromatic heterocycles. The number of fused-ring (bicyclic) bond motifs is 1. The van der Waals surface area contributed by atoms with E-state index < -0.39 is 0 Å². The van der Waals surface area contributed by atoms with Gasteiger partial charge in [0.2, 0.25) is 11.8 Å². The molecule has 0 N–H and O–H groups in total. The lowest BCUT2D eigenvalue weighted by atomic mass is 9.81. The Morgan fingerprint density at radius 1 is 1.07 bits per heavy atom. The maximum Gasteiger partial charge on any atom is 0.247 e. The van der Waals surface area contributed by atoms with Gasteiger partial charge in [-0.05, 0) is 12.8 Å². The molecule has 1 saturated heterocycles. The van der Waals surface area contributed by atoms with Crippen LogP contribution in [0, 0.1) is 11.8 Å². The summed E-state index contributed by atoms with van der Waals surface area (Å²) in [5, 5.41) is 2.91. The van der Waals surface area contributed by atoms with Crippen molar-refractivity contribution in [2.24, 2.45) is 11.8 Å². The lowest BCUT2D eigenvalue weighted by molar-refractivity contribution is -0.154. The molecule has 14 heavy (non-hydrogen) atoms. The average molecular weight is 196 g/mol. The topological polar surface area (TPSA) is 40.6 Å². The summed E-state index contributed by atoms with van der Waals surface area (Å²) in [6.45, 7) is 0. The van der Waals surface area contributed by atoms with Crippen LogP contribution in [0.4, 0.5) is 0 Å². The monoisotopic (exact) mass is 196 g/mol. The molecule has 1 aliphatic carbocycles. The Bertz CT molecular complexity index is 251. The second-order valence-corrected chi connectivity index (χ2v) is 4.33. The zero-order chi connectivity index (χ0) is 10.3. The van der Waals surface area contributed by atoms with Crippen molar-refractivity contribution >= 4 is 11.8 Å². The van der Waals surface area contributed by atoms with E-state index in [4.69, 9.17) is 0 Å². The first-order valence-corrected chi connectivity index (χ1v) is 5.18. The summed E-state index contributed by atoms with van der Waals surface area (Å²) in [5.74, 6) is -0.0494. The number of nitrogens with zero attached hydrogens (tertiary/aromatic N) is 2. The number of hydrogen-bond donors (Lipinski definition) is 0. The molecule has 2 fully saturated rings. The summed E-state index contributed by atoms with van der Waals surface area (Å²) in [6.07, 6.45) is 3.95. The first-order chi connectivity index (χ1) is 6.63. The van der Waals surface area contributed by atoms with Gasteiger partial charge in [-0.3, -0.25) is 9.59 Å². The van der Waals surface area contributed by atoms with Gasteiger partial charge in [-0.25, -0.2) is 10.0 Å². The molecule has 0 unspecified atom stereocenters. The quantitative estimate of drug-likeness (QED) is 0.578. The van der Waals surface area contributed by atoms with Crippen LogP contribution < -0.4 is 0 Å². The van der Waals surface area contributed by atoms with Crippen molar-refractivity contribution in [3.8, 4) is 0 Å². The highest BCUT2D eigenvalue weighted by Gasteiger charge is 2.49. The zero-order valence-electron chi connectivity index (χ0n) is 8.69. The lowest BCUT2D eigenvalue weighted by Crippen LogP contribution is -2.42. The molecule has 1 heterocycles. The van der Waals surface area contributed by atoms with Gasteiger partial charge in [0.1, 0.15) is 0 Å². The van der Waals surface area contributed by atoms with Crippen molar-refractivity contribution in [3.05, 3.63) is 0 Å². The lowest BCUT2D eigenvalue weighted by Gasteiger charge is -2.21. The number of carbonyl (C=O) groups excluding carboxylic acids is 2. The highest BCUT2D eigenvalue weighted by atomic mass is 16.2. The van der Waals surface area contributed by atoms with Crippen molar-refractivity contribution in [3.63, 3.8) is 0 Å². The van der Waals surface area contributed by atoms with Gasteiger partial charge in [-0.15, -0.1) is 0 Å². The van der Waals surface area contributed by atoms with Crippen molar-refractivity contribution in [1.29, 1.82) is 0 Å². The Hall–Kier alpha value is -0.900. The Morgan fingerprint density at radius 2 is 1.50 bits per heavy atom. The molecule has 2 amide bonds. The van der Waals surface area contributed by atoms with E-state index in [1.807, 2.05) is 0 Å². The van der Waals surface area contributed by atoms with Crippen LogP contribution >= 0.6 is 0 Å². The molecule has 2 aliphatic rings. The molecule has 0 bridgehead atoms. The normalized spacial score (nSPS) is 32.6.